The molecule has 0 unspecified atom stereocenters. The summed E-state index contributed by atoms with van der Waals surface area (Å²) >= 11 is 0. The molecule has 4 N–H and O–H groups in total. The van der Waals surface area contributed by atoms with Crippen LogP contribution < -0.4 is 0 Å². The second-order valence-corrected chi connectivity index (χ2v) is 4.57. The first kappa shape index (κ1) is 13.1. The maximum absolute atomic E-state index is 9.36. The first-order valence-electron chi connectivity index (χ1n) is 6.07. The molecule has 0 fully saturated rings. The summed E-state index contributed by atoms with van der Waals surface area (Å²) in [6.07, 6.45) is 2.17. The molecule has 19 heavy (non-hydrogen) atoms. The summed E-state index contributed by atoms with van der Waals surface area (Å²) in [5.74, 6) is 0.185. The Morgan fingerprint density at radius 2 is 0.842 bits per heavy atom. The molecule has 0 radical (unpaired) electrons. The van der Waals surface area contributed by atoms with Gasteiger partial charge in [-0.15, -0.1) is 0 Å². The van der Waals surface area contributed by atoms with E-state index in [-0.39, 0.29) is 23.0 Å². The minimum atomic E-state index is 0.0463. The van der Waals surface area contributed by atoms with Crippen molar-refractivity contribution in [3.05, 3.63) is 47.5 Å². The predicted octanol–water partition coefficient (Wildman–Crippen LogP) is 2.68. The second kappa shape index (κ2) is 5.52. The van der Waals surface area contributed by atoms with Crippen LogP contribution >= 0.6 is 0 Å². The Morgan fingerprint density at radius 1 is 0.526 bits per heavy atom. The predicted molar refractivity (Wildman–Crippen MR) is 71.6 cm³/mol. The number of phenolic OH excluding ortho intramolecular Hbond substituents is 4. The zero-order valence-electron chi connectivity index (χ0n) is 10.4. The summed E-state index contributed by atoms with van der Waals surface area (Å²) in [6, 6.07) is 9.02. The van der Waals surface area contributed by atoms with E-state index in [0.717, 1.165) is 17.5 Å². The molecule has 0 aromatic heterocycles. The summed E-state index contributed by atoms with van der Waals surface area (Å²) in [4.78, 5) is 0. The molecule has 0 amide bonds. The molecule has 0 aliphatic heterocycles. The van der Waals surface area contributed by atoms with Crippen molar-refractivity contribution in [2.24, 2.45) is 0 Å². The van der Waals surface area contributed by atoms with Crippen LogP contribution in [-0.4, -0.2) is 20.4 Å². The fourth-order valence-electron chi connectivity index (χ4n) is 2.10. The van der Waals surface area contributed by atoms with Crippen molar-refractivity contribution in [1.82, 2.24) is 0 Å². The number of phenols is 4. The molecule has 2 aromatic rings. The van der Waals surface area contributed by atoms with Gasteiger partial charge in [-0.2, -0.15) is 0 Å². The van der Waals surface area contributed by atoms with Crippen LogP contribution in [0.4, 0.5) is 0 Å². The van der Waals surface area contributed by atoms with Gasteiger partial charge < -0.3 is 20.4 Å². The van der Waals surface area contributed by atoms with E-state index in [1.165, 1.54) is 12.1 Å². The van der Waals surface area contributed by atoms with Crippen molar-refractivity contribution < 1.29 is 20.4 Å². The summed E-state index contributed by atoms with van der Waals surface area (Å²) in [5, 5.41) is 37.4. The van der Waals surface area contributed by atoms with Crippen molar-refractivity contribution in [3.63, 3.8) is 0 Å². The lowest BCUT2D eigenvalue weighted by molar-refractivity contribution is 0.448. The first-order valence-corrected chi connectivity index (χ1v) is 6.07. The minimum Gasteiger partial charge on any atom is -0.508 e. The fraction of sp³-hybridized carbons (Fsp3) is 0.200. The number of hydrogen-bond acceptors (Lipinski definition) is 4. The van der Waals surface area contributed by atoms with Gasteiger partial charge in [0.25, 0.3) is 0 Å². The zero-order chi connectivity index (χ0) is 13.8. The molecule has 0 atom stereocenters. The number of aromatic hydroxyl groups is 4. The molecule has 2 rings (SSSR count). The van der Waals surface area contributed by atoms with Crippen molar-refractivity contribution in [1.29, 1.82) is 0 Å². The molecule has 0 heterocycles. The molecule has 0 aliphatic carbocycles. The normalized spacial score (nSPS) is 10.5. The van der Waals surface area contributed by atoms with E-state index in [9.17, 15) is 20.4 Å². The molecule has 0 saturated carbocycles. The summed E-state index contributed by atoms with van der Waals surface area (Å²) in [7, 11) is 0. The Kier molecular flexibility index (Phi) is 3.80. The average Bonchev–Trinajstić information content (AvgIpc) is 2.26. The van der Waals surface area contributed by atoms with E-state index in [1.54, 1.807) is 24.3 Å². The molecule has 0 saturated heterocycles. The summed E-state index contributed by atoms with van der Waals surface area (Å²) in [5.41, 5.74) is 1.70. The van der Waals surface area contributed by atoms with Crippen LogP contribution in [0.3, 0.4) is 0 Å². The topological polar surface area (TPSA) is 80.9 Å². The van der Waals surface area contributed by atoms with Gasteiger partial charge in [-0.25, -0.2) is 0 Å². The minimum absolute atomic E-state index is 0.0463. The van der Waals surface area contributed by atoms with Crippen LogP contribution in [0, 0.1) is 0 Å². The lowest BCUT2D eigenvalue weighted by atomic mass is 10.0. The van der Waals surface area contributed by atoms with Crippen LogP contribution in [0.25, 0.3) is 0 Å². The second-order valence-electron chi connectivity index (χ2n) is 4.57. The van der Waals surface area contributed by atoms with Gasteiger partial charge in [0.15, 0.2) is 0 Å². The van der Waals surface area contributed by atoms with Crippen LogP contribution in [0.1, 0.15) is 17.5 Å². The van der Waals surface area contributed by atoms with E-state index >= 15 is 0 Å². The summed E-state index contributed by atoms with van der Waals surface area (Å²) < 4.78 is 0. The number of aryl methyl sites for hydroxylation is 2. The molecule has 0 aliphatic rings. The van der Waals surface area contributed by atoms with Crippen LogP contribution in [0.2, 0.25) is 0 Å². The quantitative estimate of drug-likeness (QED) is 0.681. The smallest absolute Gasteiger partial charge is 0.119 e. The Labute approximate surface area is 111 Å². The van der Waals surface area contributed by atoms with Gasteiger partial charge in [0, 0.05) is 12.1 Å². The first-order chi connectivity index (χ1) is 9.02. The van der Waals surface area contributed by atoms with E-state index in [1.807, 2.05) is 0 Å². The Bertz CT molecular complexity index is 486. The Balaban J connectivity index is 1.96. The molecule has 2 aromatic carbocycles. The van der Waals surface area contributed by atoms with Gasteiger partial charge in [0.1, 0.15) is 23.0 Å². The van der Waals surface area contributed by atoms with Crippen molar-refractivity contribution >= 4 is 0 Å². The van der Waals surface area contributed by atoms with Crippen LogP contribution in [-0.2, 0) is 12.8 Å². The largest absolute Gasteiger partial charge is 0.508 e. The third-order valence-corrected chi connectivity index (χ3v) is 2.86. The van der Waals surface area contributed by atoms with Gasteiger partial charge in [0.2, 0.25) is 0 Å². The zero-order valence-corrected chi connectivity index (χ0v) is 10.4. The SMILES string of the molecule is Oc1cc(O)cc(CCCc2cc(O)cc(O)c2)c1. The molecule has 0 spiro atoms. The maximum atomic E-state index is 9.36. The number of rotatable bonds is 4. The standard InChI is InChI=1S/C15H16O4/c16-12-4-10(5-13(17)8-12)2-1-3-11-6-14(18)9-15(19)7-11/h4-9,16-19H,1-3H2. The lowest BCUT2D eigenvalue weighted by Gasteiger charge is -2.05. The van der Waals surface area contributed by atoms with Crippen LogP contribution in [0.15, 0.2) is 36.4 Å². The molecule has 4 nitrogen and oxygen atoms in total. The van der Waals surface area contributed by atoms with E-state index in [4.69, 9.17) is 0 Å². The maximum Gasteiger partial charge on any atom is 0.119 e. The highest BCUT2D eigenvalue weighted by Gasteiger charge is 2.02. The molecule has 0 bridgehead atoms. The third-order valence-electron chi connectivity index (χ3n) is 2.86. The third kappa shape index (κ3) is 3.81. The Hall–Kier alpha value is -2.36. The highest BCUT2D eigenvalue weighted by Crippen LogP contribution is 2.24. The van der Waals surface area contributed by atoms with Gasteiger partial charge in [-0.05, 0) is 54.7 Å². The lowest BCUT2D eigenvalue weighted by Crippen LogP contribution is -1.90. The highest BCUT2D eigenvalue weighted by molar-refractivity contribution is 5.38. The molecule has 100 valence electrons. The van der Waals surface area contributed by atoms with E-state index < -0.39 is 0 Å². The molecule has 4 heteroatoms. The van der Waals surface area contributed by atoms with E-state index in [0.29, 0.717) is 12.8 Å². The van der Waals surface area contributed by atoms with Crippen LogP contribution in [0.5, 0.6) is 23.0 Å². The molecular formula is C15H16O4. The molecular weight excluding hydrogens is 244 g/mol. The Morgan fingerprint density at radius 3 is 1.16 bits per heavy atom. The van der Waals surface area contributed by atoms with Gasteiger partial charge in [-0.1, -0.05) is 0 Å². The van der Waals surface area contributed by atoms with E-state index in [2.05, 4.69) is 0 Å². The van der Waals surface area contributed by atoms with Gasteiger partial charge in [0.05, 0.1) is 0 Å². The monoisotopic (exact) mass is 260 g/mol. The van der Waals surface area contributed by atoms with Crippen molar-refractivity contribution in [2.75, 3.05) is 0 Å². The summed E-state index contributed by atoms with van der Waals surface area (Å²) in [6.45, 7) is 0. The van der Waals surface area contributed by atoms with Gasteiger partial charge in [-0.3, -0.25) is 0 Å². The van der Waals surface area contributed by atoms with Gasteiger partial charge >= 0.3 is 0 Å². The number of hydrogen-bond donors (Lipinski definition) is 4. The number of benzene rings is 2. The van der Waals surface area contributed by atoms with Crippen molar-refractivity contribution in [3.8, 4) is 23.0 Å². The highest BCUT2D eigenvalue weighted by atomic mass is 16.3. The fourth-order valence-corrected chi connectivity index (χ4v) is 2.10. The van der Waals surface area contributed by atoms with Crippen molar-refractivity contribution in [2.45, 2.75) is 19.3 Å². The average molecular weight is 260 g/mol.